The average molecular weight is 374 g/mol. The number of amides is 1. The lowest BCUT2D eigenvalue weighted by Gasteiger charge is -2.02. The Morgan fingerprint density at radius 3 is 2.89 bits per heavy atom. The number of aromatic nitrogens is 3. The van der Waals surface area contributed by atoms with E-state index in [1.54, 1.807) is 23.2 Å². The molecular formula is C21H18N4O3. The molecule has 1 N–H and O–H groups in total. The molecular weight excluding hydrogens is 356 g/mol. The van der Waals surface area contributed by atoms with Gasteiger partial charge in [-0.05, 0) is 35.9 Å². The highest BCUT2D eigenvalue weighted by Gasteiger charge is 2.15. The molecule has 4 rings (SSSR count). The van der Waals surface area contributed by atoms with E-state index in [1.165, 1.54) is 6.26 Å². The predicted molar refractivity (Wildman–Crippen MR) is 104 cm³/mol. The molecule has 4 aromatic rings. The van der Waals surface area contributed by atoms with Crippen LogP contribution in [0.25, 0.3) is 22.4 Å². The Bertz CT molecular complexity index is 1140. The lowest BCUT2D eigenvalue weighted by atomic mass is 10.1. The monoisotopic (exact) mass is 374 g/mol. The summed E-state index contributed by atoms with van der Waals surface area (Å²) in [4.78, 5) is 32.6. The van der Waals surface area contributed by atoms with Crippen LogP contribution >= 0.6 is 0 Å². The average Bonchev–Trinajstić information content (AvgIpc) is 3.39. The van der Waals surface area contributed by atoms with Crippen molar-refractivity contribution in [3.05, 3.63) is 72.5 Å². The molecule has 3 heterocycles. The van der Waals surface area contributed by atoms with Crippen molar-refractivity contribution in [2.45, 2.75) is 19.9 Å². The molecule has 0 saturated carbocycles. The zero-order valence-electron chi connectivity index (χ0n) is 15.3. The van der Waals surface area contributed by atoms with E-state index in [9.17, 15) is 9.59 Å². The van der Waals surface area contributed by atoms with Crippen LogP contribution in [0, 0.1) is 0 Å². The van der Waals surface area contributed by atoms with Gasteiger partial charge in [0.25, 0.3) is 5.91 Å². The van der Waals surface area contributed by atoms with Crippen molar-refractivity contribution < 1.29 is 14.0 Å². The third kappa shape index (κ3) is 3.42. The minimum absolute atomic E-state index is 0.0337. The summed E-state index contributed by atoms with van der Waals surface area (Å²) in [5.74, 6) is 0.0640. The maximum absolute atomic E-state index is 12.3. The Morgan fingerprint density at radius 1 is 1.21 bits per heavy atom. The maximum Gasteiger partial charge on any atom is 0.273 e. The van der Waals surface area contributed by atoms with Gasteiger partial charge in [0.2, 0.25) is 11.8 Å². The number of benzene rings is 1. The Balaban J connectivity index is 1.52. The fourth-order valence-electron chi connectivity index (χ4n) is 2.95. The molecule has 0 fully saturated rings. The number of hydrogen-bond donors (Lipinski definition) is 1. The molecule has 0 aliphatic heterocycles. The normalized spacial score (nSPS) is 10.9. The van der Waals surface area contributed by atoms with E-state index < -0.39 is 0 Å². The molecule has 140 valence electrons. The maximum atomic E-state index is 12.3. The smallest absolute Gasteiger partial charge is 0.273 e. The van der Waals surface area contributed by atoms with E-state index in [2.05, 4.69) is 15.3 Å². The SMILES string of the molecule is CCC(=O)n1ccc2cc(-c3nc(C(=O)NCc4cccnc4)co3)ccc21. The first-order valence-electron chi connectivity index (χ1n) is 8.93. The van der Waals surface area contributed by atoms with E-state index in [0.29, 0.717) is 18.9 Å². The molecule has 3 aromatic heterocycles. The van der Waals surface area contributed by atoms with Crippen LogP contribution in [0.3, 0.4) is 0 Å². The summed E-state index contributed by atoms with van der Waals surface area (Å²) in [6.07, 6.45) is 6.90. The lowest BCUT2D eigenvalue weighted by molar-refractivity contribution is 0.0912. The van der Waals surface area contributed by atoms with Gasteiger partial charge in [-0.3, -0.25) is 19.1 Å². The third-order valence-corrected chi connectivity index (χ3v) is 4.42. The van der Waals surface area contributed by atoms with Crippen LogP contribution in [0.15, 0.2) is 65.7 Å². The van der Waals surface area contributed by atoms with Crippen molar-refractivity contribution in [2.24, 2.45) is 0 Å². The molecule has 0 aliphatic carbocycles. The Hall–Kier alpha value is -3.74. The molecule has 7 heteroatoms. The summed E-state index contributed by atoms with van der Waals surface area (Å²) in [6, 6.07) is 11.1. The first-order valence-corrected chi connectivity index (χ1v) is 8.93. The van der Waals surface area contributed by atoms with Crippen molar-refractivity contribution in [3.8, 4) is 11.5 Å². The largest absolute Gasteiger partial charge is 0.444 e. The first-order chi connectivity index (χ1) is 13.7. The van der Waals surface area contributed by atoms with E-state index in [1.807, 2.05) is 43.3 Å². The second kappa shape index (κ2) is 7.48. The lowest BCUT2D eigenvalue weighted by Crippen LogP contribution is -2.23. The number of nitrogens with zero attached hydrogens (tertiary/aromatic N) is 3. The summed E-state index contributed by atoms with van der Waals surface area (Å²) in [7, 11) is 0. The molecule has 0 radical (unpaired) electrons. The minimum atomic E-state index is -0.320. The minimum Gasteiger partial charge on any atom is -0.444 e. The standard InChI is InChI=1S/C21H18N4O3/c1-2-19(26)25-9-7-15-10-16(5-6-18(15)25)21-24-17(13-28-21)20(27)23-12-14-4-3-8-22-11-14/h3-11,13H,2,12H2,1H3,(H,23,27). The summed E-state index contributed by atoms with van der Waals surface area (Å²) >= 11 is 0. The van der Waals surface area contributed by atoms with Crippen molar-refractivity contribution in [2.75, 3.05) is 0 Å². The molecule has 28 heavy (non-hydrogen) atoms. The number of rotatable bonds is 5. The van der Waals surface area contributed by atoms with Crippen LogP contribution in [0.2, 0.25) is 0 Å². The van der Waals surface area contributed by atoms with Gasteiger partial charge < -0.3 is 9.73 Å². The molecule has 0 unspecified atom stereocenters. The van der Waals surface area contributed by atoms with Crippen molar-refractivity contribution >= 4 is 22.7 Å². The zero-order valence-corrected chi connectivity index (χ0v) is 15.3. The van der Waals surface area contributed by atoms with Gasteiger partial charge in [-0.2, -0.15) is 0 Å². The molecule has 7 nitrogen and oxygen atoms in total. The first kappa shape index (κ1) is 17.7. The quantitative estimate of drug-likeness (QED) is 0.576. The van der Waals surface area contributed by atoms with Crippen LogP contribution in [0.4, 0.5) is 0 Å². The summed E-state index contributed by atoms with van der Waals surface area (Å²) in [5.41, 5.74) is 2.67. The number of oxazole rings is 1. The topological polar surface area (TPSA) is 90.0 Å². The van der Waals surface area contributed by atoms with Gasteiger partial charge in [-0.1, -0.05) is 13.0 Å². The molecule has 0 spiro atoms. The molecule has 0 saturated heterocycles. The van der Waals surface area contributed by atoms with Crippen molar-refractivity contribution in [1.82, 2.24) is 19.9 Å². The summed E-state index contributed by atoms with van der Waals surface area (Å²) in [6.45, 7) is 2.19. The van der Waals surface area contributed by atoms with Crippen LogP contribution < -0.4 is 5.32 Å². The van der Waals surface area contributed by atoms with Crippen molar-refractivity contribution in [3.63, 3.8) is 0 Å². The van der Waals surface area contributed by atoms with Crippen LogP contribution in [-0.2, 0) is 6.54 Å². The number of carbonyl (C=O) groups excluding carboxylic acids is 2. The van der Waals surface area contributed by atoms with Crippen LogP contribution in [0.5, 0.6) is 0 Å². The highest BCUT2D eigenvalue weighted by Crippen LogP contribution is 2.25. The molecule has 1 amide bonds. The van der Waals surface area contributed by atoms with Crippen LogP contribution in [-0.4, -0.2) is 26.3 Å². The Labute approximate surface area is 161 Å². The number of hydrogen-bond acceptors (Lipinski definition) is 5. The number of pyridine rings is 1. The fourth-order valence-corrected chi connectivity index (χ4v) is 2.95. The Kier molecular flexibility index (Phi) is 4.72. The van der Waals surface area contributed by atoms with Crippen molar-refractivity contribution in [1.29, 1.82) is 0 Å². The second-order valence-electron chi connectivity index (χ2n) is 6.29. The second-order valence-corrected chi connectivity index (χ2v) is 6.29. The number of fused-ring (bicyclic) bond motifs is 1. The van der Waals surface area contributed by atoms with E-state index in [4.69, 9.17) is 4.42 Å². The predicted octanol–water partition coefficient (Wildman–Crippen LogP) is 3.67. The Morgan fingerprint density at radius 2 is 2.11 bits per heavy atom. The number of nitrogens with one attached hydrogen (secondary N) is 1. The highest BCUT2D eigenvalue weighted by atomic mass is 16.3. The highest BCUT2D eigenvalue weighted by molar-refractivity contribution is 5.94. The summed E-state index contributed by atoms with van der Waals surface area (Å²) in [5, 5.41) is 3.69. The van der Waals surface area contributed by atoms with Gasteiger partial charge in [-0.15, -0.1) is 0 Å². The van der Waals surface area contributed by atoms with E-state index >= 15 is 0 Å². The summed E-state index contributed by atoms with van der Waals surface area (Å²) < 4.78 is 7.12. The van der Waals surface area contributed by atoms with Gasteiger partial charge in [-0.25, -0.2) is 4.98 Å². The molecule has 0 atom stereocenters. The number of carbonyl (C=O) groups is 2. The van der Waals surface area contributed by atoms with Gasteiger partial charge in [0, 0.05) is 42.5 Å². The molecule has 1 aromatic carbocycles. The van der Waals surface area contributed by atoms with Gasteiger partial charge >= 0.3 is 0 Å². The van der Waals surface area contributed by atoms with E-state index in [-0.39, 0.29) is 17.5 Å². The van der Waals surface area contributed by atoms with Gasteiger partial charge in [0.05, 0.1) is 5.52 Å². The molecule has 0 aliphatic rings. The van der Waals surface area contributed by atoms with E-state index in [0.717, 1.165) is 22.0 Å². The van der Waals surface area contributed by atoms with Crippen LogP contribution in [0.1, 0.15) is 34.2 Å². The van der Waals surface area contributed by atoms with Gasteiger partial charge in [0.1, 0.15) is 6.26 Å². The zero-order chi connectivity index (χ0) is 19.5. The third-order valence-electron chi connectivity index (χ3n) is 4.42. The molecule has 0 bridgehead atoms. The van der Waals surface area contributed by atoms with Gasteiger partial charge in [0.15, 0.2) is 5.69 Å². The fraction of sp³-hybridized carbons (Fsp3) is 0.143.